The van der Waals surface area contributed by atoms with E-state index in [0.717, 1.165) is 13.0 Å². The van der Waals surface area contributed by atoms with Crippen LogP contribution in [-0.2, 0) is 0 Å². The molecule has 0 aromatic heterocycles. The molecule has 0 fully saturated rings. The van der Waals surface area contributed by atoms with Crippen LogP contribution in [0, 0.1) is 4.91 Å². The largest absolute Gasteiger partial charge is 0.330 e. The van der Waals surface area contributed by atoms with Crippen LogP contribution in [0.25, 0.3) is 0 Å². The molecular weight excluding hydrogens is 272 g/mol. The molecule has 0 spiro atoms. The average Bonchev–Trinajstić information content (AvgIpc) is 2.53. The lowest BCUT2D eigenvalue weighted by Gasteiger charge is -2.02. The van der Waals surface area contributed by atoms with Crippen molar-refractivity contribution in [1.82, 2.24) is 0 Å². The minimum atomic E-state index is 0.458. The van der Waals surface area contributed by atoms with E-state index < -0.39 is 0 Å². The van der Waals surface area contributed by atoms with Gasteiger partial charge in [-0.15, -0.1) is 0 Å². The second-order valence-corrected chi connectivity index (χ2v) is 6.24. The minimum absolute atomic E-state index is 0.458. The van der Waals surface area contributed by atoms with Gasteiger partial charge in [-0.3, -0.25) is 0 Å². The first-order valence-corrected chi connectivity index (χ1v) is 9.82. The number of nitrogens with zero attached hydrogens (tertiary/aromatic N) is 1. The molecule has 0 saturated heterocycles. The van der Waals surface area contributed by atoms with Crippen LogP contribution in [0.5, 0.6) is 0 Å². The van der Waals surface area contributed by atoms with Crippen LogP contribution in [0.2, 0.25) is 0 Å². The molecule has 0 aromatic rings. The number of hydrogen-bond donors (Lipinski definition) is 1. The molecule has 3 nitrogen and oxygen atoms in total. The second kappa shape index (κ2) is 25.5. The van der Waals surface area contributed by atoms with Crippen LogP contribution in [0.3, 0.4) is 0 Å². The molecule has 0 heterocycles. The Hall–Kier alpha value is -0.440. The molecule has 0 unspecified atom stereocenters. The van der Waals surface area contributed by atoms with Gasteiger partial charge in [-0.1, -0.05) is 102 Å². The van der Waals surface area contributed by atoms with E-state index in [-0.39, 0.29) is 0 Å². The van der Waals surface area contributed by atoms with Gasteiger partial charge in [0.05, 0.1) is 6.54 Å². The Morgan fingerprint density at radius 3 is 1.18 bits per heavy atom. The summed E-state index contributed by atoms with van der Waals surface area (Å²) < 4.78 is 0. The first-order chi connectivity index (χ1) is 10.8. The van der Waals surface area contributed by atoms with Crippen molar-refractivity contribution in [3.63, 3.8) is 0 Å². The van der Waals surface area contributed by atoms with E-state index in [4.69, 9.17) is 10.6 Å². The maximum atomic E-state index is 9.15. The van der Waals surface area contributed by atoms with Gasteiger partial charge in [-0.2, -0.15) is 4.91 Å². The summed E-state index contributed by atoms with van der Waals surface area (Å²) in [5.41, 5.74) is 5.47. The monoisotopic (exact) mass is 314 g/mol. The zero-order valence-corrected chi connectivity index (χ0v) is 15.5. The number of hydrogen-bond acceptors (Lipinski definition) is 3. The van der Waals surface area contributed by atoms with Crippen molar-refractivity contribution in [3.8, 4) is 0 Å². The fourth-order valence-electron chi connectivity index (χ4n) is 2.43. The molecule has 0 aliphatic rings. The molecule has 0 bridgehead atoms. The highest BCUT2D eigenvalue weighted by Crippen LogP contribution is 2.12. The summed E-state index contributed by atoms with van der Waals surface area (Å²) in [6.07, 6.45) is 20.7. The Kier molecular flexibility index (Phi) is 27.6. The maximum Gasteiger partial charge on any atom is 0.0808 e. The van der Waals surface area contributed by atoms with Crippen molar-refractivity contribution in [3.05, 3.63) is 4.91 Å². The van der Waals surface area contributed by atoms with Gasteiger partial charge in [-0.05, 0) is 19.4 Å². The second-order valence-electron chi connectivity index (χ2n) is 6.24. The Morgan fingerprint density at radius 2 is 0.955 bits per heavy atom. The predicted molar refractivity (Wildman–Crippen MR) is 100 cm³/mol. The highest BCUT2D eigenvalue weighted by atomic mass is 16.3. The first-order valence-electron chi connectivity index (χ1n) is 9.82. The van der Waals surface area contributed by atoms with Gasteiger partial charge >= 0.3 is 0 Å². The Bertz CT molecular complexity index is 172. The molecule has 0 amide bonds. The zero-order chi connectivity index (χ0) is 16.7. The maximum absolute atomic E-state index is 9.15. The number of unbranched alkanes of at least 4 members (excludes halogenated alkanes) is 13. The third-order valence-electron chi connectivity index (χ3n) is 3.87. The van der Waals surface area contributed by atoms with Gasteiger partial charge in [0.25, 0.3) is 0 Å². The summed E-state index contributed by atoms with van der Waals surface area (Å²) in [6, 6.07) is 0. The molecule has 0 atom stereocenters. The number of nitroso groups, excluding NO2 is 1. The minimum Gasteiger partial charge on any atom is -0.330 e. The van der Waals surface area contributed by atoms with Crippen LogP contribution >= 0.6 is 0 Å². The van der Waals surface area contributed by atoms with Gasteiger partial charge in [-0.25, -0.2) is 0 Å². The van der Waals surface area contributed by atoms with Crippen molar-refractivity contribution in [1.29, 1.82) is 0 Å². The number of rotatable bonds is 16. The third-order valence-corrected chi connectivity index (χ3v) is 3.87. The third kappa shape index (κ3) is 27.8. The van der Waals surface area contributed by atoms with E-state index in [9.17, 15) is 0 Å². The Labute approximate surface area is 139 Å². The summed E-state index contributed by atoms with van der Waals surface area (Å²) in [5, 5.41) is 2.60. The van der Waals surface area contributed by atoms with E-state index >= 15 is 0 Å². The molecule has 134 valence electrons. The van der Waals surface area contributed by atoms with E-state index in [1.807, 2.05) is 6.92 Å². The van der Waals surface area contributed by atoms with E-state index in [1.165, 1.54) is 89.9 Å². The van der Waals surface area contributed by atoms with E-state index in [2.05, 4.69) is 12.1 Å². The van der Waals surface area contributed by atoms with E-state index in [0.29, 0.717) is 6.54 Å². The lowest BCUT2D eigenvalue weighted by Crippen LogP contribution is -1.97. The Balaban J connectivity index is 0. The number of nitrogens with two attached hydrogens (primary N) is 1. The van der Waals surface area contributed by atoms with Crippen LogP contribution < -0.4 is 5.73 Å². The summed E-state index contributed by atoms with van der Waals surface area (Å²) >= 11 is 0. The summed E-state index contributed by atoms with van der Waals surface area (Å²) in [7, 11) is 0. The summed E-state index contributed by atoms with van der Waals surface area (Å²) in [4.78, 5) is 9.15. The first kappa shape index (κ1) is 23.8. The molecule has 0 rings (SSSR count). The molecular formula is C19H42N2O. The van der Waals surface area contributed by atoms with Crippen molar-refractivity contribution < 1.29 is 0 Å². The lowest BCUT2D eigenvalue weighted by molar-refractivity contribution is 0.536. The highest BCUT2D eigenvalue weighted by Gasteiger charge is 1.93. The molecule has 0 aliphatic carbocycles. The lowest BCUT2D eigenvalue weighted by atomic mass is 10.0. The predicted octanol–water partition coefficient (Wildman–Crippen LogP) is 6.59. The molecule has 22 heavy (non-hydrogen) atoms. The van der Waals surface area contributed by atoms with Crippen molar-refractivity contribution in [2.24, 2.45) is 10.9 Å². The standard InChI is InChI=1S/C16H35N.C3H7NO/c1-2-3-4-5-6-7-8-9-10-11-12-13-14-15-16-17;1-2-3-4-5/h2-17H2,1H3;2-3H2,1H3. The average molecular weight is 315 g/mol. The topological polar surface area (TPSA) is 55.4 Å². The molecule has 0 aromatic carbocycles. The summed E-state index contributed by atoms with van der Waals surface area (Å²) in [6.45, 7) is 5.53. The normalized spacial score (nSPS) is 10.1. The molecule has 0 saturated carbocycles. The van der Waals surface area contributed by atoms with Crippen molar-refractivity contribution in [2.75, 3.05) is 13.1 Å². The molecule has 3 heteroatoms. The van der Waals surface area contributed by atoms with Crippen LogP contribution in [-0.4, -0.2) is 13.1 Å². The molecule has 0 aliphatic heterocycles. The quantitative estimate of drug-likeness (QED) is 0.258. The van der Waals surface area contributed by atoms with Gasteiger partial charge < -0.3 is 5.73 Å². The smallest absolute Gasteiger partial charge is 0.0808 e. The summed E-state index contributed by atoms with van der Waals surface area (Å²) in [5.74, 6) is 0. The van der Waals surface area contributed by atoms with Gasteiger partial charge in [0.1, 0.15) is 0 Å². The molecule has 0 radical (unpaired) electrons. The fraction of sp³-hybridized carbons (Fsp3) is 1.00. The van der Waals surface area contributed by atoms with Crippen LogP contribution in [0.15, 0.2) is 5.18 Å². The zero-order valence-electron chi connectivity index (χ0n) is 15.5. The van der Waals surface area contributed by atoms with Crippen LogP contribution in [0.1, 0.15) is 110 Å². The highest BCUT2D eigenvalue weighted by molar-refractivity contribution is 4.49. The fourth-order valence-corrected chi connectivity index (χ4v) is 2.43. The van der Waals surface area contributed by atoms with Crippen molar-refractivity contribution >= 4 is 0 Å². The van der Waals surface area contributed by atoms with Crippen molar-refractivity contribution in [2.45, 2.75) is 110 Å². The molecule has 2 N–H and O–H groups in total. The van der Waals surface area contributed by atoms with Gasteiger partial charge in [0.2, 0.25) is 0 Å². The Morgan fingerprint density at radius 1 is 0.591 bits per heavy atom. The van der Waals surface area contributed by atoms with Gasteiger partial charge in [0.15, 0.2) is 0 Å². The van der Waals surface area contributed by atoms with Gasteiger partial charge in [0, 0.05) is 0 Å². The van der Waals surface area contributed by atoms with Crippen LogP contribution in [0.4, 0.5) is 0 Å². The van der Waals surface area contributed by atoms with E-state index in [1.54, 1.807) is 0 Å². The SMILES string of the molecule is CCCCCCCCCCCCCCCCN.CCCN=O.